The first-order chi connectivity index (χ1) is 52.3. The van der Waals surface area contributed by atoms with Gasteiger partial charge in [0.1, 0.15) is 35.6 Å². The fourth-order valence-corrected chi connectivity index (χ4v) is 12.8. The maximum Gasteiger partial charge on any atom is 0.338 e. The van der Waals surface area contributed by atoms with E-state index in [1.807, 2.05) is 208 Å². The third-order valence-corrected chi connectivity index (χ3v) is 19.5. The predicted octanol–water partition coefficient (Wildman–Crippen LogP) is 20.9. The van der Waals surface area contributed by atoms with Gasteiger partial charge in [0.15, 0.2) is 0 Å². The number of nitrogens with zero attached hydrogens (tertiary/aromatic N) is 7. The molecule has 6 heterocycles. The summed E-state index contributed by atoms with van der Waals surface area (Å²) in [5.74, 6) is 1.80. The molecule has 18 rings (SSSR count). The van der Waals surface area contributed by atoms with Crippen LogP contribution in [0.2, 0.25) is 0 Å². The molecule has 0 bridgehead atoms. The topological polar surface area (TPSA) is 153 Å². The molecule has 13 nitrogen and oxygen atoms in total. The van der Waals surface area contributed by atoms with Gasteiger partial charge in [-0.15, -0.1) is 199 Å². The van der Waals surface area contributed by atoms with Crippen molar-refractivity contribution in [2.24, 2.45) is 30.4 Å². The van der Waals surface area contributed by atoms with Gasteiger partial charge in [0.25, 0.3) is 0 Å². The Bertz CT molecular complexity index is 5570. The van der Waals surface area contributed by atoms with Crippen molar-refractivity contribution in [3.8, 4) is 17.2 Å². The summed E-state index contributed by atoms with van der Waals surface area (Å²) in [6, 6.07) is 112. The van der Waals surface area contributed by atoms with E-state index < -0.39 is 5.60 Å². The van der Waals surface area contributed by atoms with E-state index in [0.717, 1.165) is 84.7 Å². The van der Waals surface area contributed by atoms with Gasteiger partial charge < -0.3 is 28.5 Å². The number of anilines is 1. The number of fused-ring (bicyclic) bond motifs is 6. The number of aliphatic imine (C=N–C) groups is 5. The second-order valence-electron chi connectivity index (χ2n) is 27.8. The molecule has 0 saturated heterocycles. The summed E-state index contributed by atoms with van der Waals surface area (Å²) in [7, 11) is 2.12. The Hall–Kier alpha value is -9.10. The molecular formula is C95H79Ir6N7O6-6. The van der Waals surface area contributed by atoms with Crippen LogP contribution in [0.25, 0.3) is 22.4 Å². The van der Waals surface area contributed by atoms with E-state index in [2.05, 4.69) is 166 Å². The summed E-state index contributed by atoms with van der Waals surface area (Å²) in [4.78, 5) is 53.5. The second kappa shape index (κ2) is 42.0. The Morgan fingerprint density at radius 1 is 0.377 bits per heavy atom. The summed E-state index contributed by atoms with van der Waals surface area (Å²) >= 11 is 0. The molecule has 13 aromatic rings. The maximum atomic E-state index is 11.8. The molecule has 0 aliphatic carbocycles. The van der Waals surface area contributed by atoms with E-state index in [1.165, 1.54) is 11.3 Å². The molecule has 12 aromatic carbocycles. The summed E-state index contributed by atoms with van der Waals surface area (Å²) < 4.78 is 22.1. The monoisotopic (exact) mass is 2570 g/mol. The van der Waals surface area contributed by atoms with E-state index in [4.69, 9.17) is 33.6 Å². The number of cyclic esters (lactones) is 1. The van der Waals surface area contributed by atoms with Gasteiger partial charge in [0.2, 0.25) is 0 Å². The van der Waals surface area contributed by atoms with Crippen LogP contribution in [0.4, 0.5) is 34.1 Å². The van der Waals surface area contributed by atoms with Crippen molar-refractivity contribution in [1.82, 2.24) is 4.98 Å². The quantitative estimate of drug-likeness (QED) is 0.118. The van der Waals surface area contributed by atoms with Crippen LogP contribution in [0.3, 0.4) is 0 Å². The number of carbonyl (C=O) groups excluding carboxylic acids is 1. The zero-order valence-electron chi connectivity index (χ0n) is 63.7. The summed E-state index contributed by atoms with van der Waals surface area (Å²) in [5.41, 5.74) is 17.4. The fourth-order valence-electron chi connectivity index (χ4n) is 12.8. The maximum absolute atomic E-state index is 11.8. The zero-order chi connectivity index (χ0) is 75.3. The van der Waals surface area contributed by atoms with Crippen LogP contribution in [0.15, 0.2) is 325 Å². The number of rotatable bonds is 6. The minimum absolute atomic E-state index is 0. The van der Waals surface area contributed by atoms with Gasteiger partial charge in [-0.2, -0.15) is 0 Å². The number of aromatic nitrogens is 1. The van der Waals surface area contributed by atoms with Crippen molar-refractivity contribution < 1.29 is 144 Å². The second-order valence-corrected chi connectivity index (χ2v) is 27.8. The van der Waals surface area contributed by atoms with Crippen LogP contribution in [-0.4, -0.2) is 58.1 Å². The number of hydrogen-bond acceptors (Lipinski definition) is 13. The molecule has 6 radical (unpaired) electrons. The van der Waals surface area contributed by atoms with Crippen molar-refractivity contribution in [3.05, 3.63) is 383 Å². The van der Waals surface area contributed by atoms with Crippen LogP contribution in [0.1, 0.15) is 99.9 Å². The number of para-hydroxylation sites is 8. The molecule has 0 N–H and O–H groups in total. The third kappa shape index (κ3) is 21.7. The van der Waals surface area contributed by atoms with Crippen LogP contribution in [0.5, 0.6) is 5.75 Å². The number of carbonyl (C=O) groups is 1. The minimum Gasteiger partial charge on any atom is -0.515 e. The molecule has 0 spiro atoms. The van der Waals surface area contributed by atoms with Gasteiger partial charge in [0.05, 0.1) is 51.4 Å². The van der Waals surface area contributed by atoms with Crippen molar-refractivity contribution >= 4 is 79.9 Å². The number of esters is 1. The molecule has 19 heteroatoms. The first kappa shape index (κ1) is 92.1. The summed E-state index contributed by atoms with van der Waals surface area (Å²) in [6.45, 7) is 18.2. The Morgan fingerprint density at radius 3 is 1.38 bits per heavy atom. The SMILES string of the molecule is CC1(C)C(c2[c-]cccc2)=Nc2ccccc2C1(C)C.CC1(C)Oc2ccccc2N=C1c1[c-]cccc1.CN1c2ccccc2N=C(c2[c-]cccc2)C1(C)C.O=C1Cc2ccccc2N=C(c2[c-]cccc2)O1.O=c1oc(-c2[c-]cccc2)nc2ccccc12.[Ir].[Ir].[Ir].[Ir].[Ir].[Ir].[c-]1ccccc1C1=Nc2ccccc2CO1. The molecule has 590 valence electrons. The van der Waals surface area contributed by atoms with Gasteiger partial charge in [-0.1, -0.05) is 135 Å². The van der Waals surface area contributed by atoms with Crippen molar-refractivity contribution in [2.75, 3.05) is 11.9 Å². The Morgan fingerprint density at radius 2 is 0.798 bits per heavy atom. The van der Waals surface area contributed by atoms with Crippen LogP contribution in [0, 0.1) is 41.8 Å². The van der Waals surface area contributed by atoms with E-state index in [0.29, 0.717) is 46.3 Å². The summed E-state index contributed by atoms with van der Waals surface area (Å²) in [5, 5.41) is 0.493. The first-order valence-electron chi connectivity index (χ1n) is 35.7. The predicted molar refractivity (Wildman–Crippen MR) is 433 cm³/mol. The van der Waals surface area contributed by atoms with Gasteiger partial charge >= 0.3 is 11.6 Å². The Labute approximate surface area is 748 Å². The molecule has 5 aliphatic heterocycles. The number of hydrogen-bond donors (Lipinski definition) is 0. The normalized spacial score (nSPS) is 14.5. The van der Waals surface area contributed by atoms with Gasteiger partial charge in [-0.05, 0) is 116 Å². The van der Waals surface area contributed by atoms with Crippen molar-refractivity contribution in [2.45, 2.75) is 85.0 Å². The minimum atomic E-state index is -0.438. The first-order valence-corrected chi connectivity index (χ1v) is 35.7. The summed E-state index contributed by atoms with van der Waals surface area (Å²) in [6.07, 6.45) is 0.246. The molecule has 5 aliphatic rings. The van der Waals surface area contributed by atoms with Gasteiger partial charge in [0, 0.05) is 144 Å². The van der Waals surface area contributed by atoms with Crippen LogP contribution >= 0.6 is 0 Å². The Kier molecular flexibility index (Phi) is 33.9. The molecule has 1 aromatic heterocycles. The molecule has 0 fully saturated rings. The van der Waals surface area contributed by atoms with Crippen molar-refractivity contribution in [1.29, 1.82) is 0 Å². The number of likely N-dealkylation sites (N-methyl/N-ethyl adjacent to an activating group) is 1. The average molecular weight is 2570 g/mol. The number of benzene rings is 12. The smallest absolute Gasteiger partial charge is 0.338 e. The average Bonchev–Trinajstić information content (AvgIpc) is 0.788. The largest absolute Gasteiger partial charge is 0.515 e. The zero-order valence-corrected chi connectivity index (χ0v) is 78.1. The van der Waals surface area contributed by atoms with E-state index in [-0.39, 0.29) is 155 Å². The standard InChI is InChI=1S/C19H20N.C17H17N2.C16H14NO.C15H10NO2.C14H8NO2.C14H10NO.6Ir/c1-18(2)15-12-8-9-13-16(15)20-17(19(18,3)4)14-10-6-5-7-11-14;1-17(2)16(13-9-5-4-6-10-13)18-14-11-7-8-12-15(14)19(17)3;1-16(2)15(12-8-4-3-5-9-12)17-13-10-6-7-11-14(13)18-16;17-14-10-12-8-4-5-9-13(12)16-15(18-14)11-6-2-1-3-7-11;16-14-11-8-4-5-9-12(11)15-13(17-14)10-6-2-1-3-7-10;1-2-6-11(7-3-1)14-15-13-9-5-4-8-12(13)10-16-14;;;;;;/h5-10,12-13H,1-4H3;4-9,11-12H,1-3H3;3-8,10-11H,1-2H3;1-6,8-9H,10H2;1-6,8-9H;1-6,8-9H,10H2;;;;;;/q6*-1;;;;;;. The van der Waals surface area contributed by atoms with Crippen molar-refractivity contribution in [3.63, 3.8) is 0 Å². The Balaban J connectivity index is 0.000000188. The van der Waals surface area contributed by atoms with Crippen LogP contribution < -0.4 is 15.3 Å². The molecule has 0 saturated carbocycles. The van der Waals surface area contributed by atoms with E-state index >= 15 is 0 Å². The molecule has 0 atom stereocenters. The van der Waals surface area contributed by atoms with Gasteiger partial charge in [-0.25, -0.2) is 4.79 Å². The van der Waals surface area contributed by atoms with Gasteiger partial charge in [-0.3, -0.25) is 29.7 Å². The molecule has 0 amide bonds. The van der Waals surface area contributed by atoms with E-state index in [1.54, 1.807) is 36.4 Å². The third-order valence-electron chi connectivity index (χ3n) is 19.5. The molecule has 114 heavy (non-hydrogen) atoms. The number of ether oxygens (including phenoxy) is 3. The van der Waals surface area contributed by atoms with Crippen LogP contribution in [-0.2, 0) is 153 Å². The fraction of sp³-hybridized carbons (Fsp3) is 0.158. The van der Waals surface area contributed by atoms with E-state index in [9.17, 15) is 9.59 Å². The molecule has 0 unspecified atom stereocenters. The molecular weight excluding hydrogens is 2490 g/mol.